The highest BCUT2D eigenvalue weighted by atomic mass is 15.1. The Balaban J connectivity index is 0. The Bertz CT molecular complexity index is 294. The van der Waals surface area contributed by atoms with Gasteiger partial charge < -0.3 is 5.32 Å². The van der Waals surface area contributed by atoms with Crippen LogP contribution in [0.2, 0.25) is 0 Å². The lowest BCUT2D eigenvalue weighted by Gasteiger charge is -2.19. The molecule has 2 rings (SSSR count). The molecule has 1 aliphatic rings. The summed E-state index contributed by atoms with van der Waals surface area (Å²) in [5.74, 6) is 0. The first-order valence-corrected chi connectivity index (χ1v) is 8.77. The summed E-state index contributed by atoms with van der Waals surface area (Å²) in [7, 11) is 1.96. The average molecular weight is 295 g/mol. The molecule has 0 spiro atoms. The Hall–Kier alpha value is -0.860. The van der Waals surface area contributed by atoms with E-state index in [1.54, 1.807) is 0 Å². The topological polar surface area (TPSA) is 15.3 Å². The monoisotopic (exact) mass is 294 g/mol. The van der Waals surface area contributed by atoms with E-state index in [0.717, 1.165) is 13.1 Å². The first kappa shape index (κ1) is 20.1. The molecule has 0 radical (unpaired) electrons. The second-order valence-electron chi connectivity index (χ2n) is 5.28. The van der Waals surface area contributed by atoms with Crippen LogP contribution >= 0.6 is 0 Å². The summed E-state index contributed by atoms with van der Waals surface area (Å²) in [6.07, 6.45) is 6.84. The molecule has 1 fully saturated rings. The molecule has 1 N–H and O–H groups in total. The molecule has 1 saturated heterocycles. The van der Waals surface area contributed by atoms with Gasteiger partial charge >= 0.3 is 0 Å². The highest BCUT2D eigenvalue weighted by Crippen LogP contribution is 2.12. The minimum Gasteiger partial charge on any atom is -0.320 e. The van der Waals surface area contributed by atoms with Gasteiger partial charge in [-0.2, -0.15) is 0 Å². The van der Waals surface area contributed by atoms with Gasteiger partial charge in [0.25, 0.3) is 0 Å². The fraction of sp³-hybridized carbons (Fsp3) is 0.684. The van der Waals surface area contributed by atoms with Crippen molar-refractivity contribution in [1.29, 1.82) is 0 Å². The summed E-state index contributed by atoms with van der Waals surface area (Å²) in [5.41, 5.74) is 1.45. The summed E-state index contributed by atoms with van der Waals surface area (Å²) in [4.78, 5) is 2.59. The molecule has 2 nitrogen and oxygen atoms in total. The van der Waals surface area contributed by atoms with Crippen LogP contribution in [0.15, 0.2) is 30.3 Å². The third kappa shape index (κ3) is 11.5. The molecular weight excluding hydrogens is 256 g/mol. The summed E-state index contributed by atoms with van der Waals surface area (Å²) in [5, 5.41) is 3.02. The van der Waals surface area contributed by atoms with Crippen molar-refractivity contribution in [3.63, 3.8) is 0 Å². The number of hydrogen-bond donors (Lipinski definition) is 1. The summed E-state index contributed by atoms with van der Waals surface area (Å²) < 4.78 is 0. The van der Waals surface area contributed by atoms with Crippen molar-refractivity contribution in [2.24, 2.45) is 0 Å². The van der Waals surface area contributed by atoms with Crippen molar-refractivity contribution in [1.82, 2.24) is 10.2 Å². The van der Waals surface area contributed by atoms with Crippen LogP contribution in [0.4, 0.5) is 0 Å². The van der Waals surface area contributed by atoms with Crippen molar-refractivity contribution >= 4 is 0 Å². The van der Waals surface area contributed by atoms with Crippen LogP contribution in [0.1, 0.15) is 59.9 Å². The van der Waals surface area contributed by atoms with Crippen LogP contribution in [0.25, 0.3) is 0 Å². The molecule has 0 saturated carbocycles. The number of hydrogen-bond acceptors (Lipinski definition) is 2. The van der Waals surface area contributed by atoms with Gasteiger partial charge in [-0.05, 0) is 51.5 Å². The first-order chi connectivity index (χ1) is 10.4. The van der Waals surface area contributed by atoms with E-state index in [4.69, 9.17) is 0 Å². The van der Waals surface area contributed by atoms with E-state index in [1.807, 2.05) is 20.9 Å². The second kappa shape index (κ2) is 15.5. The molecule has 0 bridgehead atoms. The maximum atomic E-state index is 3.02. The van der Waals surface area contributed by atoms with Crippen molar-refractivity contribution in [2.45, 2.75) is 59.4 Å². The zero-order valence-electron chi connectivity index (χ0n) is 14.7. The van der Waals surface area contributed by atoms with Crippen molar-refractivity contribution < 1.29 is 1.43 Å². The highest BCUT2D eigenvalue weighted by Gasteiger charge is 2.08. The minimum absolute atomic E-state index is 0. The second-order valence-corrected chi connectivity index (χ2v) is 5.28. The molecule has 1 aliphatic heterocycles. The Labute approximate surface area is 134 Å². The van der Waals surface area contributed by atoms with Crippen molar-refractivity contribution in [2.75, 3.05) is 26.7 Å². The van der Waals surface area contributed by atoms with E-state index in [9.17, 15) is 0 Å². The van der Waals surface area contributed by atoms with Gasteiger partial charge in [0.2, 0.25) is 0 Å². The van der Waals surface area contributed by atoms with Crippen LogP contribution in [0.3, 0.4) is 0 Å². The van der Waals surface area contributed by atoms with Gasteiger partial charge in [-0.3, -0.25) is 4.90 Å². The van der Waals surface area contributed by atoms with E-state index in [0.29, 0.717) is 0 Å². The Morgan fingerprint density at radius 2 is 1.57 bits per heavy atom. The minimum atomic E-state index is 0. The molecule has 0 aliphatic carbocycles. The average Bonchev–Trinajstić information content (AvgIpc) is 2.80. The molecule has 0 unspecified atom stereocenters. The van der Waals surface area contributed by atoms with Crippen LogP contribution < -0.4 is 5.32 Å². The number of nitrogens with one attached hydrogen (secondary N) is 1. The fourth-order valence-electron chi connectivity index (χ4n) is 2.39. The predicted molar refractivity (Wildman–Crippen MR) is 97.9 cm³/mol. The Morgan fingerprint density at radius 1 is 1.00 bits per heavy atom. The van der Waals surface area contributed by atoms with Crippen LogP contribution in [-0.2, 0) is 6.54 Å². The number of benzene rings is 1. The highest BCUT2D eigenvalue weighted by molar-refractivity contribution is 5.14. The molecular formula is C19H38N2. The zero-order chi connectivity index (χ0) is 15.8. The van der Waals surface area contributed by atoms with Gasteiger partial charge in [0.1, 0.15) is 0 Å². The van der Waals surface area contributed by atoms with Gasteiger partial charge in [-0.15, -0.1) is 0 Å². The summed E-state index contributed by atoms with van der Waals surface area (Å²) in [6.45, 7) is 11.0. The standard InChI is InChI=1S/C13H19N.C4H11N.C2H6.H2/c1-2-7-11-14(10-6-1)12-13-8-4-3-5-9-13;1-3-4-5-2;1-2;/h3-5,8-9H,1-2,6-7,10-12H2;5H,3-4H2,1-2H3;1-2H3;1H. The number of rotatable bonds is 4. The summed E-state index contributed by atoms with van der Waals surface area (Å²) in [6, 6.07) is 10.8. The molecule has 0 atom stereocenters. The SMILES string of the molecule is CC.CCCNC.[HH].c1ccc(CN2CCCCCC2)cc1. The normalized spacial score (nSPS) is 15.0. The third-order valence-electron chi connectivity index (χ3n) is 3.45. The van der Waals surface area contributed by atoms with Crippen LogP contribution in [0.5, 0.6) is 0 Å². The Kier molecular flexibility index (Phi) is 14.9. The molecule has 21 heavy (non-hydrogen) atoms. The molecule has 0 amide bonds. The maximum Gasteiger partial charge on any atom is 0.0233 e. The number of likely N-dealkylation sites (tertiary alicyclic amines) is 1. The molecule has 124 valence electrons. The van der Waals surface area contributed by atoms with Crippen molar-refractivity contribution in [3.8, 4) is 0 Å². The Morgan fingerprint density at radius 3 is 2.00 bits per heavy atom. The fourth-order valence-corrected chi connectivity index (χ4v) is 2.39. The predicted octanol–water partition coefficient (Wildman–Crippen LogP) is 4.95. The van der Waals surface area contributed by atoms with E-state index in [1.165, 1.54) is 50.8 Å². The summed E-state index contributed by atoms with van der Waals surface area (Å²) >= 11 is 0. The molecule has 1 aromatic rings. The van der Waals surface area contributed by atoms with Gasteiger partial charge in [0.05, 0.1) is 0 Å². The first-order valence-electron chi connectivity index (χ1n) is 8.77. The van der Waals surface area contributed by atoms with E-state index in [2.05, 4.69) is 47.5 Å². The van der Waals surface area contributed by atoms with Gasteiger partial charge in [0, 0.05) is 7.97 Å². The maximum absolute atomic E-state index is 3.02. The smallest absolute Gasteiger partial charge is 0.0233 e. The molecule has 2 heteroatoms. The van der Waals surface area contributed by atoms with E-state index in [-0.39, 0.29) is 1.43 Å². The van der Waals surface area contributed by atoms with Crippen molar-refractivity contribution in [3.05, 3.63) is 35.9 Å². The van der Waals surface area contributed by atoms with Gasteiger partial charge in [0.15, 0.2) is 0 Å². The molecule has 1 heterocycles. The van der Waals surface area contributed by atoms with E-state index >= 15 is 0 Å². The quantitative estimate of drug-likeness (QED) is 0.845. The number of nitrogens with zero attached hydrogens (tertiary/aromatic N) is 1. The van der Waals surface area contributed by atoms with Gasteiger partial charge in [-0.25, -0.2) is 0 Å². The lowest BCUT2D eigenvalue weighted by Crippen LogP contribution is -2.23. The molecule has 1 aromatic carbocycles. The van der Waals surface area contributed by atoms with Gasteiger partial charge in [-0.1, -0.05) is 63.9 Å². The molecule has 0 aromatic heterocycles. The third-order valence-corrected chi connectivity index (χ3v) is 3.45. The van der Waals surface area contributed by atoms with E-state index < -0.39 is 0 Å². The van der Waals surface area contributed by atoms with Crippen LogP contribution in [-0.4, -0.2) is 31.6 Å². The largest absolute Gasteiger partial charge is 0.320 e. The van der Waals surface area contributed by atoms with Crippen LogP contribution in [0, 0.1) is 0 Å². The lowest BCUT2D eigenvalue weighted by atomic mass is 10.2. The zero-order valence-corrected chi connectivity index (χ0v) is 14.7. The lowest BCUT2D eigenvalue weighted by molar-refractivity contribution is 0.277.